The Morgan fingerprint density at radius 1 is 0.846 bits per heavy atom. The molecular formula is C21H16F4O. The number of aryl methyl sites for hydroxylation is 1. The molecule has 1 nitrogen and oxygen atoms in total. The van der Waals surface area contributed by atoms with Gasteiger partial charge in [-0.05, 0) is 37.8 Å². The largest absolute Gasteiger partial charge is 0.430 e. The molecule has 134 valence electrons. The van der Waals surface area contributed by atoms with Crippen molar-refractivity contribution >= 4 is 5.57 Å². The van der Waals surface area contributed by atoms with Crippen molar-refractivity contribution in [2.24, 2.45) is 0 Å². The quantitative estimate of drug-likeness (QED) is 0.527. The molecule has 0 saturated heterocycles. The molecule has 2 aromatic carbocycles. The van der Waals surface area contributed by atoms with Crippen LogP contribution in [0.3, 0.4) is 0 Å². The van der Waals surface area contributed by atoms with Gasteiger partial charge in [-0.3, -0.25) is 0 Å². The molecule has 0 saturated carbocycles. The smallest absolute Gasteiger partial charge is 0.425 e. The Kier molecular flexibility index (Phi) is 3.72. The summed E-state index contributed by atoms with van der Waals surface area (Å²) in [7, 11) is 0. The molecule has 1 aliphatic heterocycles. The highest BCUT2D eigenvalue weighted by molar-refractivity contribution is 5.80. The molecule has 26 heavy (non-hydrogen) atoms. The maximum absolute atomic E-state index is 15.1. The lowest BCUT2D eigenvalue weighted by molar-refractivity contribution is -0.190. The molecule has 2 aromatic rings. The van der Waals surface area contributed by atoms with E-state index in [9.17, 15) is 13.2 Å². The second-order valence-electron chi connectivity index (χ2n) is 6.75. The fourth-order valence-corrected chi connectivity index (χ4v) is 3.44. The molecule has 4 rings (SSSR count). The van der Waals surface area contributed by atoms with Crippen LogP contribution >= 0.6 is 0 Å². The van der Waals surface area contributed by atoms with Crippen LogP contribution in [0.15, 0.2) is 42.0 Å². The fourth-order valence-electron chi connectivity index (χ4n) is 3.44. The van der Waals surface area contributed by atoms with E-state index in [0.717, 1.165) is 12.0 Å². The van der Waals surface area contributed by atoms with E-state index in [1.165, 1.54) is 31.2 Å². The Labute approximate surface area is 148 Å². The first-order valence-electron chi connectivity index (χ1n) is 8.35. The summed E-state index contributed by atoms with van der Waals surface area (Å²) in [5, 5.41) is 0. The lowest BCUT2D eigenvalue weighted by Crippen LogP contribution is -2.29. The van der Waals surface area contributed by atoms with Crippen LogP contribution in [0.4, 0.5) is 17.6 Å². The molecule has 1 heterocycles. The van der Waals surface area contributed by atoms with Gasteiger partial charge in [0, 0.05) is 16.7 Å². The van der Waals surface area contributed by atoms with Gasteiger partial charge < -0.3 is 4.74 Å². The summed E-state index contributed by atoms with van der Waals surface area (Å²) < 4.78 is 63.2. The van der Waals surface area contributed by atoms with E-state index >= 15 is 4.39 Å². The number of halogens is 4. The Bertz CT molecular complexity index is 986. The first kappa shape index (κ1) is 16.9. The van der Waals surface area contributed by atoms with E-state index in [4.69, 9.17) is 0 Å². The maximum Gasteiger partial charge on any atom is 0.430 e. The van der Waals surface area contributed by atoms with Gasteiger partial charge in [-0.15, -0.1) is 0 Å². The second kappa shape index (κ2) is 5.73. The molecule has 0 atom stereocenters. The van der Waals surface area contributed by atoms with Gasteiger partial charge in [-0.2, -0.15) is 8.78 Å². The molecule has 0 aromatic heterocycles. The third-order valence-corrected chi connectivity index (χ3v) is 4.95. The average Bonchev–Trinajstić information content (AvgIpc) is 2.59. The van der Waals surface area contributed by atoms with Crippen molar-refractivity contribution in [1.29, 1.82) is 0 Å². The number of fused-ring (bicyclic) bond motifs is 3. The summed E-state index contributed by atoms with van der Waals surface area (Å²) >= 11 is 0. The van der Waals surface area contributed by atoms with Gasteiger partial charge in [0.25, 0.3) is 0 Å². The van der Waals surface area contributed by atoms with Crippen LogP contribution in [-0.4, -0.2) is 0 Å². The van der Waals surface area contributed by atoms with Crippen molar-refractivity contribution in [3.05, 3.63) is 70.3 Å². The highest BCUT2D eigenvalue weighted by Crippen LogP contribution is 2.50. The molecule has 0 spiro atoms. The van der Waals surface area contributed by atoms with Crippen LogP contribution in [0, 0.1) is 18.6 Å². The lowest BCUT2D eigenvalue weighted by Gasteiger charge is -2.30. The SMILES string of the molecule is CC1=CC=C(c2ccc3c(c2F)C(F)(F)Oc2c-3ccc(C)c2F)CC1. The minimum Gasteiger partial charge on any atom is -0.425 e. The summed E-state index contributed by atoms with van der Waals surface area (Å²) in [6.07, 6.45) is 0.998. The van der Waals surface area contributed by atoms with Crippen molar-refractivity contribution in [2.45, 2.75) is 32.8 Å². The van der Waals surface area contributed by atoms with E-state index in [2.05, 4.69) is 4.74 Å². The minimum absolute atomic E-state index is 0.0421. The van der Waals surface area contributed by atoms with Gasteiger partial charge in [-0.25, -0.2) is 8.78 Å². The number of allylic oxidation sites excluding steroid dienone is 4. The topological polar surface area (TPSA) is 9.23 Å². The summed E-state index contributed by atoms with van der Waals surface area (Å²) in [5.41, 5.74) is 1.39. The van der Waals surface area contributed by atoms with Crippen LogP contribution in [0.5, 0.6) is 5.75 Å². The lowest BCUT2D eigenvalue weighted by atomic mass is 9.88. The minimum atomic E-state index is -3.95. The average molecular weight is 360 g/mol. The molecule has 0 amide bonds. The Morgan fingerprint density at radius 2 is 1.54 bits per heavy atom. The van der Waals surface area contributed by atoms with Crippen molar-refractivity contribution in [1.82, 2.24) is 0 Å². The first-order valence-corrected chi connectivity index (χ1v) is 8.35. The zero-order chi connectivity index (χ0) is 18.6. The molecule has 0 fully saturated rings. The number of alkyl halides is 2. The molecule has 0 bridgehead atoms. The second-order valence-corrected chi connectivity index (χ2v) is 6.75. The van der Waals surface area contributed by atoms with E-state index in [1.54, 1.807) is 6.08 Å². The van der Waals surface area contributed by atoms with Gasteiger partial charge in [0.05, 0.1) is 0 Å². The predicted molar refractivity (Wildman–Crippen MR) is 92.0 cm³/mol. The highest BCUT2D eigenvalue weighted by Gasteiger charge is 2.46. The van der Waals surface area contributed by atoms with Gasteiger partial charge >= 0.3 is 6.11 Å². The van der Waals surface area contributed by atoms with E-state index < -0.39 is 29.1 Å². The Hall–Kier alpha value is -2.56. The van der Waals surface area contributed by atoms with Gasteiger partial charge in [0.15, 0.2) is 11.6 Å². The van der Waals surface area contributed by atoms with Crippen LogP contribution < -0.4 is 4.74 Å². The van der Waals surface area contributed by atoms with E-state index in [-0.39, 0.29) is 22.3 Å². The monoisotopic (exact) mass is 360 g/mol. The van der Waals surface area contributed by atoms with Crippen molar-refractivity contribution < 1.29 is 22.3 Å². The molecule has 0 unspecified atom stereocenters. The van der Waals surface area contributed by atoms with Crippen LogP contribution in [0.25, 0.3) is 16.7 Å². The summed E-state index contributed by atoms with van der Waals surface area (Å²) in [4.78, 5) is 0. The molecule has 0 radical (unpaired) electrons. The van der Waals surface area contributed by atoms with Gasteiger partial charge in [0.1, 0.15) is 11.4 Å². The number of hydrogen-bond donors (Lipinski definition) is 0. The molecule has 0 N–H and O–H groups in total. The summed E-state index contributed by atoms with van der Waals surface area (Å²) in [6, 6.07) is 5.85. The number of hydrogen-bond acceptors (Lipinski definition) is 1. The molecule has 5 heteroatoms. The Balaban J connectivity index is 1.95. The van der Waals surface area contributed by atoms with E-state index in [1.807, 2.05) is 13.0 Å². The zero-order valence-electron chi connectivity index (χ0n) is 14.3. The normalized spacial score (nSPS) is 17.6. The summed E-state index contributed by atoms with van der Waals surface area (Å²) in [5.74, 6) is -2.41. The standard InChI is InChI=1S/C21H16F4O/c1-11-3-6-13(7-4-11)14-9-10-15-16-8-5-12(2)18(22)20(16)26-21(24,25)17(15)19(14)23/h3,5-6,8-10H,4,7H2,1-2H3. The third-order valence-electron chi connectivity index (χ3n) is 4.95. The van der Waals surface area contributed by atoms with Crippen LogP contribution in [0.2, 0.25) is 0 Å². The van der Waals surface area contributed by atoms with Crippen molar-refractivity contribution in [3.63, 3.8) is 0 Å². The number of ether oxygens (including phenoxy) is 1. The van der Waals surface area contributed by atoms with E-state index in [0.29, 0.717) is 12.0 Å². The molecule has 1 aliphatic carbocycles. The zero-order valence-corrected chi connectivity index (χ0v) is 14.3. The molecular weight excluding hydrogens is 344 g/mol. The van der Waals surface area contributed by atoms with Crippen molar-refractivity contribution in [2.75, 3.05) is 0 Å². The predicted octanol–water partition coefficient (Wildman–Crippen LogP) is 6.51. The van der Waals surface area contributed by atoms with Crippen LogP contribution in [-0.2, 0) is 6.11 Å². The highest BCUT2D eigenvalue weighted by atomic mass is 19.3. The fraction of sp³-hybridized carbons (Fsp3) is 0.238. The maximum atomic E-state index is 15.1. The number of rotatable bonds is 1. The Morgan fingerprint density at radius 3 is 2.23 bits per heavy atom. The first-order chi connectivity index (χ1) is 12.3. The number of benzene rings is 2. The van der Waals surface area contributed by atoms with Crippen LogP contribution in [0.1, 0.15) is 36.5 Å². The van der Waals surface area contributed by atoms with Gasteiger partial charge in [0.2, 0.25) is 0 Å². The molecule has 2 aliphatic rings. The van der Waals surface area contributed by atoms with Crippen molar-refractivity contribution in [3.8, 4) is 16.9 Å². The summed E-state index contributed by atoms with van der Waals surface area (Å²) in [6.45, 7) is 3.42. The van der Waals surface area contributed by atoms with Gasteiger partial charge in [-0.1, -0.05) is 42.0 Å². The third kappa shape index (κ3) is 2.45.